The average Bonchev–Trinajstić information content (AvgIpc) is 2.62. The van der Waals surface area contributed by atoms with Crippen molar-refractivity contribution in [1.82, 2.24) is 0 Å². The van der Waals surface area contributed by atoms with E-state index in [1.54, 1.807) is 12.1 Å². The van der Waals surface area contributed by atoms with Gasteiger partial charge in [-0.3, -0.25) is 9.59 Å². The van der Waals surface area contributed by atoms with Crippen LogP contribution in [0.3, 0.4) is 0 Å². The number of amides is 1. The van der Waals surface area contributed by atoms with Crippen LogP contribution in [0, 0.1) is 5.92 Å². The maximum Gasteiger partial charge on any atom is 0.500 e. The third-order valence-electron chi connectivity index (χ3n) is 3.97. The molecule has 0 heterocycles. The van der Waals surface area contributed by atoms with Crippen molar-refractivity contribution in [2.45, 2.75) is 46.1 Å². The smallest absolute Gasteiger partial charge is 0.481 e. The number of carbonyl (C=O) groups excluding carboxylic acids is 1. The zero-order valence-electron chi connectivity index (χ0n) is 16.4. The van der Waals surface area contributed by atoms with Gasteiger partial charge in [-0.2, -0.15) is 0 Å². The first kappa shape index (κ1) is 23.3. The Kier molecular flexibility index (Phi) is 10.9. The predicted molar refractivity (Wildman–Crippen MR) is 105 cm³/mol. The van der Waals surface area contributed by atoms with E-state index in [9.17, 15) is 14.7 Å². The van der Waals surface area contributed by atoms with Crippen molar-refractivity contribution < 1.29 is 28.0 Å². The number of aliphatic carboxylic acids is 1. The van der Waals surface area contributed by atoms with E-state index in [0.717, 1.165) is 0 Å². The van der Waals surface area contributed by atoms with Crippen LogP contribution in [0.5, 0.6) is 0 Å². The molecule has 0 fully saturated rings. The van der Waals surface area contributed by atoms with Gasteiger partial charge in [0.25, 0.3) is 0 Å². The molecule has 1 rings (SSSR count). The second kappa shape index (κ2) is 12.6. The number of benzene rings is 1. The van der Waals surface area contributed by atoms with Crippen molar-refractivity contribution in [2.75, 3.05) is 25.1 Å². The Balaban J connectivity index is 2.60. The molecule has 7 nitrogen and oxygen atoms in total. The van der Waals surface area contributed by atoms with Gasteiger partial charge < -0.3 is 23.7 Å². The molecule has 1 amide bonds. The summed E-state index contributed by atoms with van der Waals surface area (Å²) in [5, 5.41) is 12.2. The lowest BCUT2D eigenvalue weighted by atomic mass is 9.99. The number of anilines is 1. The van der Waals surface area contributed by atoms with Gasteiger partial charge in [-0.25, -0.2) is 0 Å². The highest BCUT2D eigenvalue weighted by Gasteiger charge is 2.40. The Morgan fingerprint density at radius 3 is 2.07 bits per heavy atom. The normalized spacial score (nSPS) is 12.6. The Bertz CT molecular complexity index is 552. The fraction of sp³-hybridized carbons (Fsp3) is 0.579. The third kappa shape index (κ3) is 8.66. The van der Waals surface area contributed by atoms with E-state index in [2.05, 4.69) is 5.32 Å². The van der Waals surface area contributed by atoms with Gasteiger partial charge in [0.1, 0.15) is 0 Å². The topological polar surface area (TPSA) is 94.1 Å². The highest BCUT2D eigenvalue weighted by molar-refractivity contribution is 6.60. The van der Waals surface area contributed by atoms with E-state index in [-0.39, 0.29) is 12.3 Å². The molecule has 0 radical (unpaired) electrons. The van der Waals surface area contributed by atoms with Gasteiger partial charge in [-0.05, 0) is 45.7 Å². The first-order valence-corrected chi connectivity index (χ1v) is 11.4. The first-order valence-electron chi connectivity index (χ1n) is 9.45. The maximum atomic E-state index is 12.2. The quantitative estimate of drug-likeness (QED) is 0.466. The van der Waals surface area contributed by atoms with E-state index in [4.69, 9.17) is 13.3 Å². The molecule has 1 aromatic rings. The SMILES string of the molecule is CCO[Si](CCCC(CC(=O)Nc1ccccc1)C(=O)O)(OCC)OCC. The predicted octanol–water partition coefficient (Wildman–Crippen LogP) is 3.54. The molecule has 0 aliphatic carbocycles. The highest BCUT2D eigenvalue weighted by atomic mass is 28.4. The van der Waals surface area contributed by atoms with Crippen molar-refractivity contribution >= 4 is 26.4 Å². The summed E-state index contributed by atoms with van der Waals surface area (Å²) in [6.45, 7) is 7.09. The summed E-state index contributed by atoms with van der Waals surface area (Å²) >= 11 is 0. The van der Waals surface area contributed by atoms with E-state index in [1.165, 1.54) is 0 Å². The molecule has 27 heavy (non-hydrogen) atoms. The van der Waals surface area contributed by atoms with Crippen LogP contribution in [-0.2, 0) is 22.9 Å². The van der Waals surface area contributed by atoms with Crippen LogP contribution in [0.25, 0.3) is 0 Å². The van der Waals surface area contributed by atoms with Crippen LogP contribution in [0.15, 0.2) is 30.3 Å². The number of carbonyl (C=O) groups is 2. The lowest BCUT2D eigenvalue weighted by molar-refractivity contribution is -0.143. The summed E-state index contributed by atoms with van der Waals surface area (Å²) in [4.78, 5) is 23.7. The van der Waals surface area contributed by atoms with Crippen LogP contribution in [0.4, 0.5) is 5.69 Å². The number of nitrogens with one attached hydrogen (secondary N) is 1. The monoisotopic (exact) mass is 397 g/mol. The highest BCUT2D eigenvalue weighted by Crippen LogP contribution is 2.23. The molecular weight excluding hydrogens is 366 g/mol. The summed E-state index contributed by atoms with van der Waals surface area (Å²) in [6.07, 6.45) is 0.845. The molecule has 0 aromatic heterocycles. The largest absolute Gasteiger partial charge is 0.500 e. The van der Waals surface area contributed by atoms with Crippen LogP contribution < -0.4 is 5.32 Å². The molecule has 0 aliphatic heterocycles. The standard InChI is InChI=1S/C19H31NO6Si/c1-4-24-27(25-5-2,26-6-3)14-10-11-16(19(22)23)15-18(21)20-17-12-8-7-9-13-17/h7-9,12-13,16H,4-6,10-11,14-15H2,1-3H3,(H,20,21)(H,22,23). The second-order valence-electron chi connectivity index (χ2n) is 6.03. The van der Waals surface area contributed by atoms with E-state index < -0.39 is 20.7 Å². The average molecular weight is 398 g/mol. The van der Waals surface area contributed by atoms with E-state index in [1.807, 2.05) is 39.0 Å². The number of hydrogen-bond donors (Lipinski definition) is 2. The summed E-state index contributed by atoms with van der Waals surface area (Å²) in [5.41, 5.74) is 0.655. The molecule has 1 unspecified atom stereocenters. The molecule has 0 bridgehead atoms. The fourth-order valence-electron chi connectivity index (χ4n) is 2.84. The van der Waals surface area contributed by atoms with E-state index >= 15 is 0 Å². The van der Waals surface area contributed by atoms with Crippen molar-refractivity contribution in [1.29, 1.82) is 0 Å². The van der Waals surface area contributed by atoms with Crippen LogP contribution in [0.2, 0.25) is 6.04 Å². The third-order valence-corrected chi connectivity index (χ3v) is 7.12. The minimum Gasteiger partial charge on any atom is -0.481 e. The van der Waals surface area contributed by atoms with Gasteiger partial charge in [0.2, 0.25) is 5.91 Å². The number of carboxylic acids is 1. The van der Waals surface area contributed by atoms with Crippen molar-refractivity contribution in [2.24, 2.45) is 5.92 Å². The Hall–Kier alpha value is -1.74. The van der Waals surface area contributed by atoms with Gasteiger partial charge in [0.15, 0.2) is 0 Å². The maximum absolute atomic E-state index is 12.2. The molecule has 0 saturated carbocycles. The van der Waals surface area contributed by atoms with Crippen molar-refractivity contribution in [3.63, 3.8) is 0 Å². The molecule has 152 valence electrons. The summed E-state index contributed by atoms with van der Waals surface area (Å²) in [7, 11) is -2.79. The van der Waals surface area contributed by atoms with Gasteiger partial charge in [0.05, 0.1) is 5.92 Å². The number of carboxylic acid groups (broad SMARTS) is 1. The van der Waals surface area contributed by atoms with Gasteiger partial charge in [-0.15, -0.1) is 0 Å². The molecule has 0 spiro atoms. The molecule has 0 aliphatic rings. The summed E-state index contributed by atoms with van der Waals surface area (Å²) in [5.74, 6) is -2.04. The zero-order valence-corrected chi connectivity index (χ0v) is 17.4. The minimum absolute atomic E-state index is 0.0727. The van der Waals surface area contributed by atoms with Crippen LogP contribution in [0.1, 0.15) is 40.0 Å². The second-order valence-corrected chi connectivity index (χ2v) is 8.76. The molecular formula is C19H31NO6Si. The van der Waals surface area contributed by atoms with Gasteiger partial charge in [0, 0.05) is 38.0 Å². The number of para-hydroxylation sites is 1. The molecule has 8 heteroatoms. The number of hydrogen-bond acceptors (Lipinski definition) is 5. The van der Waals surface area contributed by atoms with Crippen molar-refractivity contribution in [3.8, 4) is 0 Å². The first-order chi connectivity index (χ1) is 13.0. The number of rotatable bonds is 14. The minimum atomic E-state index is -2.79. The Morgan fingerprint density at radius 1 is 1.04 bits per heavy atom. The van der Waals surface area contributed by atoms with Gasteiger partial charge >= 0.3 is 14.8 Å². The molecule has 2 N–H and O–H groups in total. The summed E-state index contributed by atoms with van der Waals surface area (Å²) < 4.78 is 17.3. The zero-order chi connectivity index (χ0) is 20.1. The van der Waals surface area contributed by atoms with Crippen molar-refractivity contribution in [3.05, 3.63) is 30.3 Å². The Labute approximate surface area is 162 Å². The van der Waals surface area contributed by atoms with E-state index in [0.29, 0.717) is 44.4 Å². The van der Waals surface area contributed by atoms with Crippen LogP contribution in [-0.4, -0.2) is 45.6 Å². The fourth-order valence-corrected chi connectivity index (χ4v) is 5.48. The molecule has 0 saturated heterocycles. The Morgan fingerprint density at radius 2 is 1.59 bits per heavy atom. The lowest BCUT2D eigenvalue weighted by Crippen LogP contribution is -2.46. The summed E-state index contributed by atoms with van der Waals surface area (Å²) in [6, 6.07) is 9.53. The lowest BCUT2D eigenvalue weighted by Gasteiger charge is -2.28. The molecule has 1 aromatic carbocycles. The molecule has 1 atom stereocenters. The van der Waals surface area contributed by atoms with Gasteiger partial charge in [-0.1, -0.05) is 18.2 Å². The van der Waals surface area contributed by atoms with Crippen LogP contribution >= 0.6 is 0 Å².